The molecule has 0 fully saturated rings. The van der Waals surface area contributed by atoms with Gasteiger partial charge in [-0.15, -0.1) is 0 Å². The number of hydrogen-bond acceptors (Lipinski definition) is 1. The van der Waals surface area contributed by atoms with Crippen molar-refractivity contribution in [1.82, 2.24) is 0 Å². The number of rotatable bonds is 1. The molecule has 0 unspecified atom stereocenters. The quantitative estimate of drug-likeness (QED) is 0.160. The summed E-state index contributed by atoms with van der Waals surface area (Å²) in [5, 5.41) is 3.38. The van der Waals surface area contributed by atoms with Gasteiger partial charge in [0.2, 0.25) is 0 Å². The van der Waals surface area contributed by atoms with E-state index in [1.165, 1.54) is 82.4 Å². The molecule has 2 aliphatic rings. The first-order chi connectivity index (χ1) is 35.6. The highest BCUT2D eigenvalue weighted by Crippen LogP contribution is 2.60. The maximum Gasteiger partial charge on any atom is 0.194 e. The first-order valence-electron chi connectivity index (χ1n) is 26.0. The Bertz CT molecular complexity index is 3630. The fourth-order valence-electron chi connectivity index (χ4n) is 10.6. The van der Waals surface area contributed by atoms with E-state index in [9.17, 15) is 4.79 Å². The monoisotopic (exact) mass is 1320 g/mol. The minimum absolute atomic E-state index is 0.0464. The fourth-order valence-corrected chi connectivity index (χ4v) is 12.6. The molecule has 1 nitrogen and oxygen atoms in total. The van der Waals surface area contributed by atoms with Crippen molar-refractivity contribution in [2.24, 2.45) is 0 Å². The molecule has 76 heavy (non-hydrogen) atoms. The second-order valence-corrected chi connectivity index (χ2v) is 29.0. The highest BCUT2D eigenvalue weighted by molar-refractivity contribution is 9.11. The normalized spacial score (nSPS) is 13.4. The van der Waals surface area contributed by atoms with Crippen molar-refractivity contribution in [2.75, 3.05) is 0 Å². The minimum atomic E-state index is -0.436. The average molecular weight is 1320 g/mol. The molecular weight excluding hydrogens is 1260 g/mol. The van der Waals surface area contributed by atoms with Crippen LogP contribution >= 0.6 is 79.6 Å². The van der Waals surface area contributed by atoms with Gasteiger partial charge >= 0.3 is 0 Å². The van der Waals surface area contributed by atoms with Crippen LogP contribution < -0.4 is 5.43 Å². The molecule has 0 radical (unpaired) electrons. The predicted octanol–water partition coefficient (Wildman–Crippen LogP) is 22.2. The zero-order chi connectivity index (χ0) is 54.9. The summed E-state index contributed by atoms with van der Waals surface area (Å²) in [6.07, 6.45) is 4.59. The van der Waals surface area contributed by atoms with E-state index in [1.54, 1.807) is 0 Å². The number of halogens is 5. The summed E-state index contributed by atoms with van der Waals surface area (Å²) in [6.45, 7) is 27.3. The largest absolute Gasteiger partial charge is 0.289 e. The van der Waals surface area contributed by atoms with E-state index in [0.29, 0.717) is 0 Å². The first kappa shape index (κ1) is 56.0. The third-order valence-corrected chi connectivity index (χ3v) is 17.6. The lowest BCUT2D eigenvalue weighted by Gasteiger charge is -2.37. The van der Waals surface area contributed by atoms with Crippen LogP contribution in [-0.2, 0) is 27.1 Å². The van der Waals surface area contributed by atoms with Crippen molar-refractivity contribution in [3.63, 3.8) is 0 Å². The van der Waals surface area contributed by atoms with E-state index in [0.717, 1.165) is 39.4 Å². The van der Waals surface area contributed by atoms with Crippen molar-refractivity contribution in [1.29, 1.82) is 0 Å². The van der Waals surface area contributed by atoms with Gasteiger partial charge in [-0.1, -0.05) is 284 Å². The van der Waals surface area contributed by atoms with Crippen LogP contribution in [0.3, 0.4) is 0 Å². The van der Waals surface area contributed by atoms with Crippen LogP contribution in [-0.4, -0.2) is 0 Å². The van der Waals surface area contributed by atoms with Crippen molar-refractivity contribution in [3.8, 4) is 22.3 Å². The summed E-state index contributed by atoms with van der Waals surface area (Å²) < 4.78 is 5.21. The van der Waals surface area contributed by atoms with Crippen molar-refractivity contribution < 1.29 is 0 Å². The molecule has 0 aromatic heterocycles. The molecule has 386 valence electrons. The molecule has 1 spiro atoms. The number of fused-ring (bicyclic) bond motifs is 11. The highest BCUT2D eigenvalue weighted by Gasteiger charge is 2.49. The Balaban J connectivity index is 0.000000153. The Kier molecular flexibility index (Phi) is 15.6. The zero-order valence-electron chi connectivity index (χ0n) is 45.5. The van der Waals surface area contributed by atoms with Crippen LogP contribution in [0.1, 0.15) is 139 Å². The molecule has 0 aliphatic heterocycles. The number of hydrogen-bond donors (Lipinski definition) is 0. The van der Waals surface area contributed by atoms with Gasteiger partial charge in [0.05, 0.1) is 5.41 Å². The standard InChI is InChI=1S/C35H32Br2.C20H25Br.C15H8Br2O/c1-33(2,3)23-11-15-27-28-16-12-24(34(4,5)6)18-32(28)35(31(27)17-23)29-19-25(36)13-9-21(29)7-8-22-10-14-26(37)20-30(22)35;1-19(2,3)15-9-7-14(8-10-15)17-12-11-16(13-18(17)21)20(4,5)6;16-11-5-3-9-1-2-10-4-6-12(17)8-14(10)15(18)13(9)7-11/h7-20H,1-6H3;7-13H,1-6H3;1-8H. The van der Waals surface area contributed by atoms with Crippen LogP contribution in [0.5, 0.6) is 0 Å². The Morgan fingerprint density at radius 2 is 0.671 bits per heavy atom. The highest BCUT2D eigenvalue weighted by atomic mass is 79.9. The van der Waals surface area contributed by atoms with Gasteiger partial charge in [0.25, 0.3) is 0 Å². The van der Waals surface area contributed by atoms with Crippen molar-refractivity contribution in [3.05, 3.63) is 252 Å². The van der Waals surface area contributed by atoms with Gasteiger partial charge in [-0.25, -0.2) is 0 Å². The maximum atomic E-state index is 12.6. The topological polar surface area (TPSA) is 17.1 Å². The molecule has 0 saturated heterocycles. The van der Waals surface area contributed by atoms with E-state index in [2.05, 4.69) is 290 Å². The second-order valence-electron chi connectivity index (χ2n) is 24.5. The van der Waals surface area contributed by atoms with Crippen molar-refractivity contribution >= 4 is 113 Å². The fraction of sp³-hybridized carbons (Fsp3) is 0.243. The van der Waals surface area contributed by atoms with E-state index in [1.807, 2.05) is 48.5 Å². The molecule has 6 heteroatoms. The maximum absolute atomic E-state index is 12.6. The summed E-state index contributed by atoms with van der Waals surface area (Å²) >= 11 is 18.2. The van der Waals surface area contributed by atoms with Gasteiger partial charge in [0.15, 0.2) is 5.43 Å². The lowest BCUT2D eigenvalue weighted by molar-refractivity contribution is 0.586. The summed E-state index contributed by atoms with van der Waals surface area (Å²) in [5.74, 6) is 0. The van der Waals surface area contributed by atoms with Crippen LogP contribution in [0.25, 0.3) is 56.0 Å². The molecule has 0 amide bonds. The Hall–Kier alpha value is -4.69. The molecule has 2 aliphatic carbocycles. The molecule has 9 aromatic rings. The lowest BCUT2D eigenvalue weighted by atomic mass is 9.65. The third kappa shape index (κ3) is 11.2. The molecule has 0 atom stereocenters. The van der Waals surface area contributed by atoms with Crippen LogP contribution in [0.2, 0.25) is 0 Å². The van der Waals surface area contributed by atoms with Gasteiger partial charge < -0.3 is 0 Å². The van der Waals surface area contributed by atoms with Gasteiger partial charge in [-0.05, 0) is 165 Å². The third-order valence-electron chi connectivity index (χ3n) is 15.0. The average Bonchev–Trinajstić information content (AvgIpc) is 3.67. The van der Waals surface area contributed by atoms with Crippen molar-refractivity contribution in [2.45, 2.75) is 110 Å². The van der Waals surface area contributed by atoms with Gasteiger partial charge in [-0.3, -0.25) is 4.79 Å². The first-order valence-corrected chi connectivity index (χ1v) is 29.9. The molecule has 11 rings (SSSR count). The van der Waals surface area contributed by atoms with E-state index < -0.39 is 5.41 Å². The Morgan fingerprint density at radius 3 is 1.07 bits per heavy atom. The summed E-state index contributed by atoms with van der Waals surface area (Å²) in [4.78, 5) is 12.6. The summed E-state index contributed by atoms with van der Waals surface area (Å²) in [7, 11) is 0. The number of benzene rings is 8. The zero-order valence-corrected chi connectivity index (χ0v) is 53.5. The molecule has 0 saturated carbocycles. The van der Waals surface area contributed by atoms with E-state index in [-0.39, 0.29) is 27.1 Å². The van der Waals surface area contributed by atoms with Crippen LogP contribution in [0.15, 0.2) is 191 Å². The van der Waals surface area contributed by atoms with Gasteiger partial charge in [-0.2, -0.15) is 0 Å². The molecular formula is C70H65Br5O. The SMILES string of the molecule is CC(C)(C)c1ccc(-c2ccc(C(C)(C)C)cc2Br)cc1.CC(C)(C)c1ccc2c(c1)C1(c3cc(Br)ccc3C=Cc3ccc(Br)cc31)c1cc(C(C)(C)C)ccc1-2.O=c1c2cc(Br)ccc2ccc2ccc(Br)cc12. The second kappa shape index (κ2) is 21.2. The lowest BCUT2D eigenvalue weighted by Crippen LogP contribution is -2.31. The summed E-state index contributed by atoms with van der Waals surface area (Å²) in [6, 6.07) is 59.1. The summed E-state index contributed by atoms with van der Waals surface area (Å²) in [5.41, 5.74) is 18.7. The van der Waals surface area contributed by atoms with Crippen LogP contribution in [0, 0.1) is 0 Å². The molecule has 0 bridgehead atoms. The van der Waals surface area contributed by atoms with E-state index in [4.69, 9.17) is 0 Å². The predicted molar refractivity (Wildman–Crippen MR) is 346 cm³/mol. The smallest absolute Gasteiger partial charge is 0.194 e. The minimum Gasteiger partial charge on any atom is -0.289 e. The molecule has 0 N–H and O–H groups in total. The molecule has 0 heterocycles. The van der Waals surface area contributed by atoms with Gasteiger partial charge in [0.1, 0.15) is 0 Å². The Morgan fingerprint density at radius 1 is 0.329 bits per heavy atom. The Labute approximate surface area is 493 Å². The molecule has 9 aromatic carbocycles. The van der Waals surface area contributed by atoms with Gasteiger partial charge in [0, 0.05) is 33.1 Å². The van der Waals surface area contributed by atoms with Crippen LogP contribution in [0.4, 0.5) is 0 Å². The van der Waals surface area contributed by atoms with E-state index >= 15 is 0 Å².